The molecule has 1 aromatic heterocycles. The molecule has 1 aromatic carbocycles. The van der Waals surface area contributed by atoms with Crippen LogP contribution in [0.4, 0.5) is 19.0 Å². The summed E-state index contributed by atoms with van der Waals surface area (Å²) in [6.45, 7) is 1.83. The first kappa shape index (κ1) is 16.1. The van der Waals surface area contributed by atoms with Gasteiger partial charge in [-0.05, 0) is 36.8 Å². The second kappa shape index (κ2) is 6.23. The van der Waals surface area contributed by atoms with Gasteiger partial charge in [0.05, 0.1) is 5.56 Å². The summed E-state index contributed by atoms with van der Waals surface area (Å²) in [7, 11) is 0. The standard InChI is InChI=1S/C14H11BrClF3N2/c1-8(9-3-2-4-11(15)5-9)20-13-7-10(14(17,18)19)6-12(16)21-13/h2-8H,1H3,(H,20,21). The number of aromatic nitrogens is 1. The molecule has 2 rings (SSSR count). The van der Waals surface area contributed by atoms with Crippen LogP contribution in [0.3, 0.4) is 0 Å². The summed E-state index contributed by atoms with van der Waals surface area (Å²) in [5.41, 5.74) is 0.0890. The molecule has 0 aliphatic rings. The van der Waals surface area contributed by atoms with Crippen LogP contribution in [0.2, 0.25) is 5.15 Å². The Hall–Kier alpha value is -1.27. The van der Waals surface area contributed by atoms with Crippen LogP contribution in [0.1, 0.15) is 24.1 Å². The lowest BCUT2D eigenvalue weighted by Gasteiger charge is -2.17. The van der Waals surface area contributed by atoms with Gasteiger partial charge in [0.2, 0.25) is 0 Å². The van der Waals surface area contributed by atoms with Gasteiger partial charge in [-0.25, -0.2) is 4.98 Å². The predicted molar refractivity (Wildman–Crippen MR) is 80.4 cm³/mol. The molecule has 0 aliphatic heterocycles. The van der Waals surface area contributed by atoms with E-state index in [9.17, 15) is 13.2 Å². The summed E-state index contributed by atoms with van der Waals surface area (Å²) < 4.78 is 39.1. The Kier molecular flexibility index (Phi) is 4.78. The molecule has 1 N–H and O–H groups in total. The minimum atomic E-state index is -4.46. The minimum absolute atomic E-state index is 0.0855. The van der Waals surface area contributed by atoms with E-state index in [0.717, 1.165) is 22.2 Å². The Balaban J connectivity index is 2.25. The molecule has 0 bridgehead atoms. The van der Waals surface area contributed by atoms with E-state index in [-0.39, 0.29) is 17.0 Å². The van der Waals surface area contributed by atoms with Crippen LogP contribution < -0.4 is 5.32 Å². The zero-order chi connectivity index (χ0) is 15.6. The summed E-state index contributed by atoms with van der Waals surface area (Å²) in [4.78, 5) is 3.88. The van der Waals surface area contributed by atoms with Gasteiger partial charge in [-0.2, -0.15) is 13.2 Å². The molecule has 21 heavy (non-hydrogen) atoms. The number of rotatable bonds is 3. The number of anilines is 1. The van der Waals surface area contributed by atoms with E-state index in [1.165, 1.54) is 0 Å². The molecule has 0 aliphatic carbocycles. The van der Waals surface area contributed by atoms with Gasteiger partial charge < -0.3 is 5.32 Å². The van der Waals surface area contributed by atoms with Crippen molar-refractivity contribution in [3.63, 3.8) is 0 Å². The fraction of sp³-hybridized carbons (Fsp3) is 0.214. The van der Waals surface area contributed by atoms with Crippen LogP contribution in [0.15, 0.2) is 40.9 Å². The summed E-state index contributed by atoms with van der Waals surface area (Å²) >= 11 is 9.00. The monoisotopic (exact) mass is 378 g/mol. The summed E-state index contributed by atoms with van der Waals surface area (Å²) in [5, 5.41) is 2.72. The number of nitrogens with zero attached hydrogens (tertiary/aromatic N) is 1. The fourth-order valence-electron chi connectivity index (χ4n) is 1.82. The highest BCUT2D eigenvalue weighted by Gasteiger charge is 2.31. The molecule has 0 saturated heterocycles. The molecule has 0 radical (unpaired) electrons. The average Bonchev–Trinajstić information content (AvgIpc) is 2.37. The van der Waals surface area contributed by atoms with E-state index in [2.05, 4.69) is 26.2 Å². The molecule has 7 heteroatoms. The molecule has 0 spiro atoms. The third-order valence-electron chi connectivity index (χ3n) is 2.83. The molecular formula is C14H11BrClF3N2. The van der Waals surface area contributed by atoms with Gasteiger partial charge >= 0.3 is 6.18 Å². The number of pyridine rings is 1. The molecule has 2 nitrogen and oxygen atoms in total. The Bertz CT molecular complexity index is 646. The maximum Gasteiger partial charge on any atom is 0.416 e. The molecule has 2 aromatic rings. The molecule has 112 valence electrons. The van der Waals surface area contributed by atoms with Gasteiger partial charge in [-0.1, -0.05) is 39.7 Å². The Labute approximate surface area is 133 Å². The van der Waals surface area contributed by atoms with Gasteiger partial charge in [0.15, 0.2) is 0 Å². The first-order chi connectivity index (χ1) is 9.75. The summed E-state index contributed by atoms with van der Waals surface area (Å²) in [5.74, 6) is 0.0855. The Morgan fingerprint density at radius 2 is 1.95 bits per heavy atom. The van der Waals surface area contributed by atoms with Crippen molar-refractivity contribution in [1.29, 1.82) is 0 Å². The first-order valence-electron chi connectivity index (χ1n) is 6.02. The van der Waals surface area contributed by atoms with Crippen LogP contribution in [-0.4, -0.2) is 4.98 Å². The van der Waals surface area contributed by atoms with E-state index in [4.69, 9.17) is 11.6 Å². The molecule has 0 fully saturated rings. The predicted octanol–water partition coefficient (Wildman–Crippen LogP) is 5.69. The van der Waals surface area contributed by atoms with Crippen LogP contribution in [0, 0.1) is 0 Å². The number of alkyl halides is 3. The van der Waals surface area contributed by atoms with Crippen molar-refractivity contribution in [3.8, 4) is 0 Å². The second-order valence-electron chi connectivity index (χ2n) is 4.48. The van der Waals surface area contributed by atoms with E-state index in [1.54, 1.807) is 0 Å². The van der Waals surface area contributed by atoms with E-state index in [1.807, 2.05) is 31.2 Å². The smallest absolute Gasteiger partial charge is 0.363 e. The molecule has 1 atom stereocenters. The number of halogens is 5. The van der Waals surface area contributed by atoms with Crippen molar-refractivity contribution in [2.75, 3.05) is 5.32 Å². The Morgan fingerprint density at radius 1 is 1.24 bits per heavy atom. The Morgan fingerprint density at radius 3 is 2.57 bits per heavy atom. The molecule has 1 heterocycles. The highest BCUT2D eigenvalue weighted by molar-refractivity contribution is 9.10. The van der Waals surface area contributed by atoms with Gasteiger partial charge in [-0.3, -0.25) is 0 Å². The first-order valence-corrected chi connectivity index (χ1v) is 7.19. The number of hydrogen-bond donors (Lipinski definition) is 1. The molecule has 0 saturated carbocycles. The van der Waals surface area contributed by atoms with Crippen LogP contribution in [0.25, 0.3) is 0 Å². The summed E-state index contributed by atoms with van der Waals surface area (Å²) in [6, 6.07) is 9.01. The van der Waals surface area contributed by atoms with Crippen molar-refractivity contribution in [1.82, 2.24) is 4.98 Å². The average molecular weight is 380 g/mol. The topological polar surface area (TPSA) is 24.9 Å². The normalized spacial score (nSPS) is 13.0. The number of hydrogen-bond acceptors (Lipinski definition) is 2. The maximum absolute atomic E-state index is 12.7. The maximum atomic E-state index is 12.7. The third kappa shape index (κ3) is 4.35. The van der Waals surface area contributed by atoms with Crippen molar-refractivity contribution >= 4 is 33.3 Å². The van der Waals surface area contributed by atoms with E-state index in [0.29, 0.717) is 0 Å². The van der Waals surface area contributed by atoms with Crippen molar-refractivity contribution in [2.24, 2.45) is 0 Å². The van der Waals surface area contributed by atoms with Crippen LogP contribution in [-0.2, 0) is 6.18 Å². The molecule has 0 amide bonds. The molecule has 1 unspecified atom stereocenters. The van der Waals surface area contributed by atoms with Crippen molar-refractivity contribution in [3.05, 3.63) is 57.2 Å². The van der Waals surface area contributed by atoms with Gasteiger partial charge in [0, 0.05) is 10.5 Å². The lowest BCUT2D eigenvalue weighted by Crippen LogP contribution is -2.11. The second-order valence-corrected chi connectivity index (χ2v) is 5.79. The molecular weight excluding hydrogens is 369 g/mol. The largest absolute Gasteiger partial charge is 0.416 e. The third-order valence-corrected chi connectivity index (χ3v) is 3.52. The lowest BCUT2D eigenvalue weighted by molar-refractivity contribution is -0.137. The van der Waals surface area contributed by atoms with Crippen molar-refractivity contribution in [2.45, 2.75) is 19.1 Å². The highest BCUT2D eigenvalue weighted by Crippen LogP contribution is 2.32. The quantitative estimate of drug-likeness (QED) is 0.693. The zero-order valence-corrected chi connectivity index (χ0v) is 13.2. The van der Waals surface area contributed by atoms with Crippen LogP contribution in [0.5, 0.6) is 0 Å². The van der Waals surface area contributed by atoms with Crippen molar-refractivity contribution < 1.29 is 13.2 Å². The minimum Gasteiger partial charge on any atom is -0.363 e. The zero-order valence-electron chi connectivity index (χ0n) is 10.9. The SMILES string of the molecule is CC(Nc1cc(C(F)(F)F)cc(Cl)n1)c1cccc(Br)c1. The van der Waals surface area contributed by atoms with E-state index >= 15 is 0 Å². The summed E-state index contributed by atoms with van der Waals surface area (Å²) in [6.07, 6.45) is -4.46. The fourth-order valence-corrected chi connectivity index (χ4v) is 2.44. The highest BCUT2D eigenvalue weighted by atomic mass is 79.9. The van der Waals surface area contributed by atoms with Gasteiger partial charge in [-0.15, -0.1) is 0 Å². The lowest BCUT2D eigenvalue weighted by atomic mass is 10.1. The number of benzene rings is 1. The van der Waals surface area contributed by atoms with Gasteiger partial charge in [0.1, 0.15) is 11.0 Å². The van der Waals surface area contributed by atoms with Gasteiger partial charge in [0.25, 0.3) is 0 Å². The number of nitrogens with one attached hydrogen (secondary N) is 1. The van der Waals surface area contributed by atoms with E-state index < -0.39 is 11.7 Å². The van der Waals surface area contributed by atoms with Crippen LogP contribution >= 0.6 is 27.5 Å².